The van der Waals surface area contributed by atoms with Crippen LogP contribution >= 0.6 is 0 Å². The molecule has 0 aromatic carbocycles. The summed E-state index contributed by atoms with van der Waals surface area (Å²) in [4.78, 5) is 5.27. The van der Waals surface area contributed by atoms with Crippen LogP contribution in [0.1, 0.15) is 33.6 Å². The molecule has 0 saturated carbocycles. The molecule has 0 aliphatic carbocycles. The van der Waals surface area contributed by atoms with Gasteiger partial charge in [0.25, 0.3) is 0 Å². The van der Waals surface area contributed by atoms with Gasteiger partial charge < -0.3 is 5.32 Å². The molecule has 1 heterocycles. The van der Waals surface area contributed by atoms with Crippen LogP contribution < -0.4 is 5.32 Å². The Balaban J connectivity index is 2.37. The third-order valence-electron chi connectivity index (χ3n) is 3.63. The third kappa shape index (κ3) is 4.04. The highest BCUT2D eigenvalue weighted by Gasteiger charge is 2.28. The fraction of sp³-hybridized carbons (Fsp3) is 1.00. The lowest BCUT2D eigenvalue weighted by atomic mass is 10.1. The summed E-state index contributed by atoms with van der Waals surface area (Å²) >= 11 is 0. The van der Waals surface area contributed by atoms with Crippen molar-refractivity contribution in [2.75, 3.05) is 39.8 Å². The van der Waals surface area contributed by atoms with E-state index < -0.39 is 0 Å². The number of piperazine rings is 1. The molecule has 1 N–H and O–H groups in total. The van der Waals surface area contributed by atoms with Crippen molar-refractivity contribution in [1.82, 2.24) is 15.1 Å². The number of nitrogens with one attached hydrogen (secondary N) is 1. The first-order valence-electron chi connectivity index (χ1n) is 6.81. The molecule has 0 bridgehead atoms. The summed E-state index contributed by atoms with van der Waals surface area (Å²) < 4.78 is 0. The maximum Gasteiger partial charge on any atom is 0.0198 e. The normalized spacial score (nSPS) is 28.5. The average Bonchev–Trinajstić information content (AvgIpc) is 2.25. The number of hydrogen-bond acceptors (Lipinski definition) is 3. The minimum absolute atomic E-state index is 0.715. The molecule has 0 aromatic rings. The molecule has 2 unspecified atom stereocenters. The topological polar surface area (TPSA) is 18.5 Å². The van der Waals surface area contributed by atoms with Crippen molar-refractivity contribution in [3.63, 3.8) is 0 Å². The van der Waals surface area contributed by atoms with Crippen molar-refractivity contribution in [3.8, 4) is 0 Å². The maximum atomic E-state index is 3.23. The van der Waals surface area contributed by atoms with Gasteiger partial charge in [0.1, 0.15) is 0 Å². The van der Waals surface area contributed by atoms with Crippen LogP contribution in [0, 0.1) is 0 Å². The van der Waals surface area contributed by atoms with Crippen LogP contribution in [0.25, 0.3) is 0 Å². The molecule has 2 atom stereocenters. The fourth-order valence-corrected chi connectivity index (χ4v) is 2.70. The summed E-state index contributed by atoms with van der Waals surface area (Å²) in [5, 5.41) is 3.23. The van der Waals surface area contributed by atoms with Crippen LogP contribution in [0.4, 0.5) is 0 Å². The highest BCUT2D eigenvalue weighted by molar-refractivity contribution is 4.84. The summed E-state index contributed by atoms with van der Waals surface area (Å²) in [6.45, 7) is 13.1. The van der Waals surface area contributed by atoms with Gasteiger partial charge in [-0.05, 0) is 33.9 Å². The number of hydrogen-bond donors (Lipinski definition) is 1. The maximum absolute atomic E-state index is 3.23. The zero-order valence-electron chi connectivity index (χ0n) is 11.5. The molecule has 3 heteroatoms. The minimum Gasteiger partial charge on any atom is -0.318 e. The average molecular weight is 227 g/mol. The number of rotatable bonds is 6. The summed E-state index contributed by atoms with van der Waals surface area (Å²) in [7, 11) is 2.03. The van der Waals surface area contributed by atoms with Gasteiger partial charge in [0.05, 0.1) is 0 Å². The first kappa shape index (κ1) is 13.9. The van der Waals surface area contributed by atoms with Crippen LogP contribution in [-0.2, 0) is 0 Å². The molecule has 1 aliphatic heterocycles. The van der Waals surface area contributed by atoms with E-state index in [1.807, 2.05) is 7.05 Å². The van der Waals surface area contributed by atoms with Gasteiger partial charge in [-0.3, -0.25) is 9.80 Å². The molecular formula is C13H29N3. The summed E-state index contributed by atoms with van der Waals surface area (Å²) in [6.07, 6.45) is 2.64. The quantitative estimate of drug-likeness (QED) is 0.740. The predicted molar refractivity (Wildman–Crippen MR) is 70.9 cm³/mol. The van der Waals surface area contributed by atoms with Crippen LogP contribution in [0.2, 0.25) is 0 Å². The third-order valence-corrected chi connectivity index (χ3v) is 3.63. The second-order valence-electron chi connectivity index (χ2n) is 5.15. The first-order valence-corrected chi connectivity index (χ1v) is 6.81. The second-order valence-corrected chi connectivity index (χ2v) is 5.15. The molecule has 0 aromatic heterocycles. The Morgan fingerprint density at radius 2 is 1.75 bits per heavy atom. The van der Waals surface area contributed by atoms with Gasteiger partial charge in [0, 0.05) is 38.3 Å². The van der Waals surface area contributed by atoms with Gasteiger partial charge in [-0.25, -0.2) is 0 Å². The van der Waals surface area contributed by atoms with Gasteiger partial charge in [-0.2, -0.15) is 0 Å². The van der Waals surface area contributed by atoms with E-state index >= 15 is 0 Å². The van der Waals surface area contributed by atoms with E-state index in [1.54, 1.807) is 0 Å². The molecule has 1 rings (SSSR count). The van der Waals surface area contributed by atoms with E-state index in [1.165, 1.54) is 39.0 Å². The monoisotopic (exact) mass is 227 g/mol. The Hall–Kier alpha value is -0.120. The largest absolute Gasteiger partial charge is 0.318 e. The standard InChI is InChI=1S/C13H29N3/c1-5-6-8-16-12(2)10-15(9-7-14-4)11-13(16)3/h12-14H,5-11H2,1-4H3. The Morgan fingerprint density at radius 1 is 1.12 bits per heavy atom. The van der Waals surface area contributed by atoms with Crippen molar-refractivity contribution < 1.29 is 0 Å². The van der Waals surface area contributed by atoms with Crippen LogP contribution in [0.15, 0.2) is 0 Å². The summed E-state index contributed by atoms with van der Waals surface area (Å²) in [6, 6.07) is 1.43. The second kappa shape index (κ2) is 7.25. The van der Waals surface area contributed by atoms with Crippen molar-refractivity contribution in [1.29, 1.82) is 0 Å². The SMILES string of the molecule is CCCCN1C(C)CN(CCNC)CC1C. The molecule has 0 radical (unpaired) electrons. The van der Waals surface area contributed by atoms with Gasteiger partial charge in [0.15, 0.2) is 0 Å². The molecule has 3 nitrogen and oxygen atoms in total. The molecule has 0 amide bonds. The number of unbranched alkanes of at least 4 members (excludes halogenated alkanes) is 1. The highest BCUT2D eigenvalue weighted by atomic mass is 15.3. The van der Waals surface area contributed by atoms with Gasteiger partial charge in [-0.15, -0.1) is 0 Å². The highest BCUT2D eigenvalue weighted by Crippen LogP contribution is 2.15. The molecule has 0 spiro atoms. The zero-order chi connectivity index (χ0) is 12.0. The van der Waals surface area contributed by atoms with Crippen LogP contribution in [0.3, 0.4) is 0 Å². The first-order chi connectivity index (χ1) is 7.69. The lowest BCUT2D eigenvalue weighted by Crippen LogP contribution is -2.57. The summed E-state index contributed by atoms with van der Waals surface area (Å²) in [5.74, 6) is 0. The van der Waals surface area contributed by atoms with Gasteiger partial charge >= 0.3 is 0 Å². The van der Waals surface area contributed by atoms with Gasteiger partial charge in [0.2, 0.25) is 0 Å². The molecular weight excluding hydrogens is 198 g/mol. The van der Waals surface area contributed by atoms with Crippen molar-refractivity contribution in [3.05, 3.63) is 0 Å². The zero-order valence-corrected chi connectivity index (χ0v) is 11.5. The van der Waals surface area contributed by atoms with Crippen LogP contribution in [0.5, 0.6) is 0 Å². The fourth-order valence-electron chi connectivity index (χ4n) is 2.70. The number of likely N-dealkylation sites (N-methyl/N-ethyl adjacent to an activating group) is 1. The van der Waals surface area contributed by atoms with E-state index in [-0.39, 0.29) is 0 Å². The smallest absolute Gasteiger partial charge is 0.0198 e. The van der Waals surface area contributed by atoms with E-state index in [2.05, 4.69) is 35.9 Å². The van der Waals surface area contributed by atoms with Gasteiger partial charge in [-0.1, -0.05) is 13.3 Å². The Labute approximate surface area is 101 Å². The molecule has 1 fully saturated rings. The van der Waals surface area contributed by atoms with Crippen molar-refractivity contribution in [2.45, 2.75) is 45.7 Å². The van der Waals surface area contributed by atoms with Crippen LogP contribution in [-0.4, -0.2) is 61.7 Å². The lowest BCUT2D eigenvalue weighted by Gasteiger charge is -2.44. The van der Waals surface area contributed by atoms with Crippen molar-refractivity contribution >= 4 is 0 Å². The Kier molecular flexibility index (Phi) is 6.32. The molecule has 96 valence electrons. The lowest BCUT2D eigenvalue weighted by molar-refractivity contribution is 0.0389. The minimum atomic E-state index is 0.715. The molecule has 1 saturated heterocycles. The summed E-state index contributed by atoms with van der Waals surface area (Å²) in [5.41, 5.74) is 0. The number of nitrogens with zero attached hydrogens (tertiary/aromatic N) is 2. The molecule has 1 aliphatic rings. The van der Waals surface area contributed by atoms with E-state index in [0.717, 1.165) is 6.54 Å². The van der Waals surface area contributed by atoms with Crippen molar-refractivity contribution in [2.24, 2.45) is 0 Å². The van der Waals surface area contributed by atoms with E-state index in [0.29, 0.717) is 12.1 Å². The van der Waals surface area contributed by atoms with E-state index in [9.17, 15) is 0 Å². The Bertz CT molecular complexity index is 172. The molecule has 16 heavy (non-hydrogen) atoms. The Morgan fingerprint density at radius 3 is 2.25 bits per heavy atom. The predicted octanol–water partition coefficient (Wildman–Crippen LogP) is 1.40. The van der Waals surface area contributed by atoms with E-state index in [4.69, 9.17) is 0 Å².